The Kier molecular flexibility index (Phi) is 3.95. The lowest BCUT2D eigenvalue weighted by Gasteiger charge is -2.08. The van der Waals surface area contributed by atoms with Gasteiger partial charge in [-0.25, -0.2) is 0 Å². The maximum atomic E-state index is 10.7. The monoisotopic (exact) mass is 210 g/mol. The molecular weight excluding hydrogens is 198 g/mol. The molecule has 1 aromatic carbocycles. The van der Waals surface area contributed by atoms with Crippen molar-refractivity contribution in [3.05, 3.63) is 39.9 Å². The van der Waals surface area contributed by atoms with E-state index in [1.165, 1.54) is 6.07 Å². The SMILES string of the molecule is CCCC([S])c1ccccc1[N+](=O)[O-]. The van der Waals surface area contributed by atoms with Crippen molar-refractivity contribution in [3.63, 3.8) is 0 Å². The first-order valence-electron chi connectivity index (χ1n) is 4.56. The van der Waals surface area contributed by atoms with Gasteiger partial charge in [-0.05, 0) is 6.42 Å². The van der Waals surface area contributed by atoms with Crippen LogP contribution in [0, 0.1) is 10.1 Å². The van der Waals surface area contributed by atoms with Gasteiger partial charge in [0.2, 0.25) is 0 Å². The molecular formula is C10H12NO2S. The van der Waals surface area contributed by atoms with E-state index in [9.17, 15) is 10.1 Å². The zero-order valence-corrected chi connectivity index (χ0v) is 8.79. The van der Waals surface area contributed by atoms with Gasteiger partial charge in [0.1, 0.15) is 0 Å². The predicted octanol–water partition coefficient (Wildman–Crippen LogP) is 3.63. The van der Waals surface area contributed by atoms with Gasteiger partial charge in [0.15, 0.2) is 0 Å². The van der Waals surface area contributed by atoms with Crippen LogP contribution in [0.25, 0.3) is 0 Å². The highest BCUT2D eigenvalue weighted by Crippen LogP contribution is 2.31. The third-order valence-corrected chi connectivity index (χ3v) is 2.52. The third-order valence-electron chi connectivity index (χ3n) is 2.03. The van der Waals surface area contributed by atoms with E-state index in [4.69, 9.17) is 12.6 Å². The van der Waals surface area contributed by atoms with Crippen LogP contribution in [0.5, 0.6) is 0 Å². The zero-order chi connectivity index (χ0) is 10.6. The first kappa shape index (κ1) is 11.0. The second kappa shape index (κ2) is 5.00. The molecule has 4 heteroatoms. The Bertz CT molecular complexity index is 328. The topological polar surface area (TPSA) is 43.1 Å². The summed E-state index contributed by atoms with van der Waals surface area (Å²) in [6.07, 6.45) is 1.75. The van der Waals surface area contributed by atoms with E-state index in [1.807, 2.05) is 6.92 Å². The third kappa shape index (κ3) is 2.48. The van der Waals surface area contributed by atoms with Crippen LogP contribution in [0.15, 0.2) is 24.3 Å². The number of nitro benzene ring substituents is 1. The molecule has 0 fully saturated rings. The van der Waals surface area contributed by atoms with Gasteiger partial charge in [0.25, 0.3) is 5.69 Å². The van der Waals surface area contributed by atoms with Gasteiger partial charge in [-0.2, -0.15) is 0 Å². The van der Waals surface area contributed by atoms with Gasteiger partial charge in [-0.3, -0.25) is 10.1 Å². The van der Waals surface area contributed by atoms with E-state index in [0.717, 1.165) is 12.8 Å². The molecule has 1 atom stereocenters. The van der Waals surface area contributed by atoms with E-state index in [0.29, 0.717) is 5.56 Å². The van der Waals surface area contributed by atoms with Gasteiger partial charge >= 0.3 is 0 Å². The lowest BCUT2D eigenvalue weighted by Crippen LogP contribution is -1.97. The van der Waals surface area contributed by atoms with E-state index in [-0.39, 0.29) is 15.9 Å². The standard InChI is InChI=1S/C10H12NO2S/c1-2-5-10(14)8-6-3-4-7-9(8)11(12)13/h3-4,6-7,10H,2,5H2,1H3. The molecule has 0 aromatic heterocycles. The van der Waals surface area contributed by atoms with Crippen LogP contribution in [-0.2, 0) is 0 Å². The molecule has 0 N–H and O–H groups in total. The summed E-state index contributed by atoms with van der Waals surface area (Å²) >= 11 is 5.21. The minimum absolute atomic E-state index is 0.140. The summed E-state index contributed by atoms with van der Waals surface area (Å²) in [5, 5.41) is 10.5. The van der Waals surface area contributed by atoms with Crippen molar-refractivity contribution in [2.75, 3.05) is 0 Å². The normalized spacial score (nSPS) is 12.4. The van der Waals surface area contributed by atoms with Crippen LogP contribution in [0.3, 0.4) is 0 Å². The molecule has 0 spiro atoms. The summed E-state index contributed by atoms with van der Waals surface area (Å²) in [5.74, 6) is 0. The summed E-state index contributed by atoms with van der Waals surface area (Å²) in [6, 6.07) is 6.70. The summed E-state index contributed by atoms with van der Waals surface area (Å²) in [7, 11) is 0. The van der Waals surface area contributed by atoms with Crippen molar-refractivity contribution in [1.82, 2.24) is 0 Å². The van der Waals surface area contributed by atoms with Crippen molar-refractivity contribution in [3.8, 4) is 0 Å². The van der Waals surface area contributed by atoms with Gasteiger partial charge < -0.3 is 0 Å². The molecule has 0 bridgehead atoms. The average Bonchev–Trinajstić information content (AvgIpc) is 2.18. The smallest absolute Gasteiger partial charge is 0.258 e. The molecule has 3 nitrogen and oxygen atoms in total. The van der Waals surface area contributed by atoms with E-state index >= 15 is 0 Å². The van der Waals surface area contributed by atoms with Gasteiger partial charge in [-0.15, -0.1) is 0 Å². The van der Waals surface area contributed by atoms with Gasteiger partial charge in [0, 0.05) is 16.9 Å². The van der Waals surface area contributed by atoms with E-state index in [1.54, 1.807) is 18.2 Å². The second-order valence-corrected chi connectivity index (χ2v) is 3.66. The van der Waals surface area contributed by atoms with Crippen LogP contribution in [0.1, 0.15) is 30.6 Å². The molecule has 1 aromatic rings. The molecule has 0 aliphatic rings. The Morgan fingerprint density at radius 1 is 1.50 bits per heavy atom. The van der Waals surface area contributed by atoms with Crippen molar-refractivity contribution in [2.45, 2.75) is 25.0 Å². The molecule has 14 heavy (non-hydrogen) atoms. The number of hydrogen-bond acceptors (Lipinski definition) is 2. The molecule has 0 saturated carbocycles. The van der Waals surface area contributed by atoms with Crippen molar-refractivity contribution in [2.24, 2.45) is 0 Å². The van der Waals surface area contributed by atoms with E-state index in [2.05, 4.69) is 0 Å². The number of hydrogen-bond donors (Lipinski definition) is 0. The molecule has 1 unspecified atom stereocenters. The Morgan fingerprint density at radius 3 is 2.71 bits per heavy atom. The average molecular weight is 210 g/mol. The Hall–Kier alpha value is -1.03. The maximum absolute atomic E-state index is 10.7. The lowest BCUT2D eigenvalue weighted by atomic mass is 10.1. The Balaban J connectivity index is 3.00. The highest BCUT2D eigenvalue weighted by atomic mass is 32.1. The molecule has 0 amide bonds. The summed E-state index contributed by atoms with van der Waals surface area (Å²) in [5.41, 5.74) is 0.801. The summed E-state index contributed by atoms with van der Waals surface area (Å²) in [4.78, 5) is 10.3. The van der Waals surface area contributed by atoms with Crippen LogP contribution in [0.2, 0.25) is 0 Å². The summed E-state index contributed by atoms with van der Waals surface area (Å²) < 4.78 is 0. The molecule has 0 aliphatic heterocycles. The highest BCUT2D eigenvalue weighted by Gasteiger charge is 2.18. The highest BCUT2D eigenvalue weighted by molar-refractivity contribution is 7.80. The molecule has 0 aliphatic carbocycles. The second-order valence-electron chi connectivity index (χ2n) is 3.09. The lowest BCUT2D eigenvalue weighted by molar-refractivity contribution is -0.385. The van der Waals surface area contributed by atoms with Gasteiger partial charge in [0.05, 0.1) is 4.92 Å². The molecule has 75 valence electrons. The van der Waals surface area contributed by atoms with Crippen molar-refractivity contribution < 1.29 is 4.92 Å². The number of rotatable bonds is 4. The molecule has 1 rings (SSSR count). The number of para-hydroxylation sites is 1. The fourth-order valence-corrected chi connectivity index (χ4v) is 1.78. The quantitative estimate of drug-likeness (QED) is 0.562. The summed E-state index contributed by atoms with van der Waals surface area (Å²) in [6.45, 7) is 2.02. The van der Waals surface area contributed by atoms with Crippen molar-refractivity contribution >= 4 is 18.3 Å². The zero-order valence-electron chi connectivity index (χ0n) is 7.97. The minimum Gasteiger partial charge on any atom is -0.258 e. The number of nitrogens with zero attached hydrogens (tertiary/aromatic N) is 1. The fourth-order valence-electron chi connectivity index (χ4n) is 1.34. The van der Waals surface area contributed by atoms with Gasteiger partial charge in [-0.1, -0.05) is 44.2 Å². The first-order chi connectivity index (χ1) is 6.66. The predicted molar refractivity (Wildman–Crippen MR) is 58.3 cm³/mol. The molecule has 0 heterocycles. The largest absolute Gasteiger partial charge is 0.273 e. The van der Waals surface area contributed by atoms with Crippen molar-refractivity contribution in [1.29, 1.82) is 0 Å². The maximum Gasteiger partial charge on any atom is 0.273 e. The van der Waals surface area contributed by atoms with E-state index < -0.39 is 0 Å². The molecule has 1 radical (unpaired) electrons. The number of nitro groups is 1. The Morgan fingerprint density at radius 2 is 2.14 bits per heavy atom. The minimum atomic E-state index is -0.371. The Labute approximate surface area is 88.7 Å². The van der Waals surface area contributed by atoms with Crippen LogP contribution >= 0.6 is 12.6 Å². The van der Waals surface area contributed by atoms with Crippen LogP contribution in [0.4, 0.5) is 5.69 Å². The first-order valence-corrected chi connectivity index (χ1v) is 5.03. The van der Waals surface area contributed by atoms with Crippen LogP contribution < -0.4 is 0 Å². The molecule has 0 saturated heterocycles. The fraction of sp³-hybridized carbons (Fsp3) is 0.400. The van der Waals surface area contributed by atoms with Crippen LogP contribution in [-0.4, -0.2) is 4.92 Å². The number of benzene rings is 1.